The second kappa shape index (κ2) is 16.4. The highest BCUT2D eigenvalue weighted by atomic mass is 19.4. The van der Waals surface area contributed by atoms with Gasteiger partial charge in [0.2, 0.25) is 0 Å². The SMILES string of the molecule is FC(F)(F)c1ccc(-c2ccc3c(c2)c2ccccc2n3-c2ccc(-c3cccc4c5ccccc5n(-c5ccccc5)c34)cc2-c2nc(-c3ccccc3)nc(-c3ccccc3)n2)c(C(F)(F)F)c1. The third-order valence-corrected chi connectivity index (χ3v) is 12.8. The topological polar surface area (TPSA) is 48.5 Å². The van der Waals surface area contributed by atoms with Crippen LogP contribution >= 0.6 is 0 Å². The third-order valence-electron chi connectivity index (χ3n) is 12.8. The molecule has 0 radical (unpaired) electrons. The third kappa shape index (κ3) is 7.25. The van der Waals surface area contributed by atoms with Gasteiger partial charge < -0.3 is 9.13 Å². The van der Waals surface area contributed by atoms with Crippen molar-refractivity contribution in [3.8, 4) is 67.8 Å². The number of para-hydroxylation sites is 4. The minimum atomic E-state index is -5.06. The summed E-state index contributed by atoms with van der Waals surface area (Å²) in [5.41, 5.74) is 6.14. The van der Waals surface area contributed by atoms with Crippen molar-refractivity contribution < 1.29 is 26.3 Å². The van der Waals surface area contributed by atoms with Crippen molar-refractivity contribution in [3.05, 3.63) is 223 Å². The number of fused-ring (bicyclic) bond motifs is 6. The summed E-state index contributed by atoms with van der Waals surface area (Å²) in [6, 6.07) is 64.5. The number of rotatable bonds is 7. The molecule has 0 N–H and O–H groups in total. The summed E-state index contributed by atoms with van der Waals surface area (Å²) in [5, 5.41) is 3.48. The summed E-state index contributed by atoms with van der Waals surface area (Å²) < 4.78 is 89.3. The molecule has 0 bridgehead atoms. The van der Waals surface area contributed by atoms with Crippen LogP contribution in [-0.2, 0) is 12.4 Å². The van der Waals surface area contributed by atoms with Crippen LogP contribution in [0.5, 0.6) is 0 Å². The average Bonchev–Trinajstić information content (AvgIpc) is 3.91. The second-order valence-corrected chi connectivity index (χ2v) is 17.0. The van der Waals surface area contributed by atoms with E-state index in [1.807, 2.05) is 126 Å². The molecule has 0 fully saturated rings. The average molecular weight is 928 g/mol. The van der Waals surface area contributed by atoms with Gasteiger partial charge >= 0.3 is 12.4 Å². The minimum Gasteiger partial charge on any atom is -0.309 e. The lowest BCUT2D eigenvalue weighted by molar-refractivity contribution is -0.142. The van der Waals surface area contributed by atoms with Crippen LogP contribution in [0, 0.1) is 0 Å². The molecule has 70 heavy (non-hydrogen) atoms. The van der Waals surface area contributed by atoms with E-state index in [-0.39, 0.29) is 17.2 Å². The van der Waals surface area contributed by atoms with Crippen LogP contribution < -0.4 is 0 Å². The van der Waals surface area contributed by atoms with Crippen molar-refractivity contribution in [2.45, 2.75) is 12.4 Å². The van der Waals surface area contributed by atoms with E-state index >= 15 is 0 Å². The van der Waals surface area contributed by atoms with Gasteiger partial charge in [0.25, 0.3) is 0 Å². The number of benzene rings is 9. The molecule has 5 nitrogen and oxygen atoms in total. The number of halogens is 6. The van der Waals surface area contributed by atoms with Gasteiger partial charge in [-0.2, -0.15) is 26.3 Å². The molecule has 0 aliphatic carbocycles. The van der Waals surface area contributed by atoms with E-state index in [2.05, 4.69) is 59.2 Å². The molecule has 12 aromatic rings. The molecule has 0 atom stereocenters. The molecule has 11 heteroatoms. The van der Waals surface area contributed by atoms with Gasteiger partial charge in [-0.25, -0.2) is 15.0 Å². The van der Waals surface area contributed by atoms with Gasteiger partial charge in [-0.1, -0.05) is 152 Å². The van der Waals surface area contributed by atoms with Crippen molar-refractivity contribution in [2.75, 3.05) is 0 Å². The Hall–Kier alpha value is -8.83. The lowest BCUT2D eigenvalue weighted by atomic mass is 9.95. The predicted octanol–water partition coefficient (Wildman–Crippen LogP) is 16.4. The minimum absolute atomic E-state index is 0.117. The lowest BCUT2D eigenvalue weighted by Gasteiger charge is -2.18. The molecule has 0 unspecified atom stereocenters. The van der Waals surface area contributed by atoms with Crippen molar-refractivity contribution in [1.82, 2.24) is 24.1 Å². The molecular weight excluding hydrogens is 893 g/mol. The fourth-order valence-corrected chi connectivity index (χ4v) is 9.71. The number of aromatic nitrogens is 5. The van der Waals surface area contributed by atoms with Crippen LogP contribution in [0.1, 0.15) is 11.1 Å². The molecule has 0 saturated carbocycles. The van der Waals surface area contributed by atoms with Crippen molar-refractivity contribution >= 4 is 43.6 Å². The highest BCUT2D eigenvalue weighted by Crippen LogP contribution is 2.45. The Morgan fingerprint density at radius 2 is 0.857 bits per heavy atom. The van der Waals surface area contributed by atoms with E-state index in [4.69, 9.17) is 15.0 Å². The molecule has 0 aliphatic heterocycles. The lowest BCUT2D eigenvalue weighted by Crippen LogP contribution is -2.12. The molecule has 0 aliphatic rings. The zero-order valence-corrected chi connectivity index (χ0v) is 36.7. The fourth-order valence-electron chi connectivity index (χ4n) is 9.71. The Balaban J connectivity index is 1.15. The first-order chi connectivity index (χ1) is 34.0. The van der Waals surface area contributed by atoms with Crippen molar-refractivity contribution in [1.29, 1.82) is 0 Å². The van der Waals surface area contributed by atoms with Crippen molar-refractivity contribution in [2.24, 2.45) is 0 Å². The van der Waals surface area contributed by atoms with Gasteiger partial charge in [0.05, 0.1) is 38.9 Å². The predicted molar refractivity (Wildman–Crippen MR) is 266 cm³/mol. The van der Waals surface area contributed by atoms with Gasteiger partial charge in [0, 0.05) is 49.5 Å². The molecule has 0 amide bonds. The van der Waals surface area contributed by atoms with Crippen LogP contribution in [0.15, 0.2) is 212 Å². The number of nitrogens with zero attached hydrogens (tertiary/aromatic N) is 5. The molecule has 9 aromatic carbocycles. The smallest absolute Gasteiger partial charge is 0.309 e. The second-order valence-electron chi connectivity index (χ2n) is 17.0. The standard InChI is InChI=1S/C59H35F6N5/c60-58(61,62)40-29-30-42(49(35-40)59(63,64)65)38-27-31-52-47(33-38)45-22-11-13-26-51(45)70(52)53-32-28-39(43-23-14-24-46-44-21-10-12-25-50(44)69(54(43)46)41-19-8-3-9-20-41)34-48(53)57-67-55(36-15-4-1-5-16-36)66-56(68-57)37-17-6-2-7-18-37/h1-35H. The summed E-state index contributed by atoms with van der Waals surface area (Å²) in [6.45, 7) is 0. The molecule has 0 spiro atoms. The van der Waals surface area contributed by atoms with Gasteiger partial charge in [-0.05, 0) is 77.4 Å². The normalized spacial score (nSPS) is 12.1. The fraction of sp³-hybridized carbons (Fsp3) is 0.0339. The maximum absolute atomic E-state index is 14.6. The highest BCUT2D eigenvalue weighted by molar-refractivity contribution is 6.14. The first kappa shape index (κ1) is 42.5. The zero-order valence-electron chi connectivity index (χ0n) is 36.7. The monoisotopic (exact) mass is 927 g/mol. The van der Waals surface area contributed by atoms with E-state index in [9.17, 15) is 26.3 Å². The summed E-state index contributed by atoms with van der Waals surface area (Å²) in [6.07, 6.45) is -10.0. The molecular formula is C59H35F6N5. The van der Waals surface area contributed by atoms with Gasteiger partial charge in [0.1, 0.15) is 0 Å². The van der Waals surface area contributed by atoms with Crippen LogP contribution in [0.2, 0.25) is 0 Å². The molecule has 0 saturated heterocycles. The molecule has 12 rings (SSSR count). The number of hydrogen-bond acceptors (Lipinski definition) is 3. The van der Waals surface area contributed by atoms with Crippen LogP contribution in [-0.4, -0.2) is 24.1 Å². The maximum Gasteiger partial charge on any atom is 0.417 e. The van der Waals surface area contributed by atoms with Crippen molar-refractivity contribution in [3.63, 3.8) is 0 Å². The van der Waals surface area contributed by atoms with Gasteiger partial charge in [0.15, 0.2) is 17.5 Å². The summed E-state index contributed by atoms with van der Waals surface area (Å²) in [7, 11) is 0. The van der Waals surface area contributed by atoms with E-state index < -0.39 is 23.5 Å². The largest absolute Gasteiger partial charge is 0.417 e. The van der Waals surface area contributed by atoms with E-state index in [1.54, 1.807) is 12.1 Å². The van der Waals surface area contributed by atoms with E-state index in [0.717, 1.165) is 66.7 Å². The Bertz CT molecular complexity index is 3910. The van der Waals surface area contributed by atoms with Crippen LogP contribution in [0.3, 0.4) is 0 Å². The van der Waals surface area contributed by atoms with Gasteiger partial charge in [-0.15, -0.1) is 0 Å². The Labute approximate surface area is 396 Å². The molecule has 3 heterocycles. The summed E-state index contributed by atoms with van der Waals surface area (Å²) in [4.78, 5) is 15.4. The molecule has 338 valence electrons. The zero-order chi connectivity index (χ0) is 47.7. The number of alkyl halides is 6. The van der Waals surface area contributed by atoms with E-state index in [0.29, 0.717) is 45.7 Å². The maximum atomic E-state index is 14.6. The highest BCUT2D eigenvalue weighted by Gasteiger charge is 2.38. The first-order valence-electron chi connectivity index (χ1n) is 22.4. The molecule has 3 aromatic heterocycles. The Morgan fingerprint density at radius 3 is 1.50 bits per heavy atom. The van der Waals surface area contributed by atoms with E-state index in [1.165, 1.54) is 6.07 Å². The van der Waals surface area contributed by atoms with Crippen LogP contribution in [0.25, 0.3) is 111 Å². The Kier molecular flexibility index (Phi) is 9.99. The Morgan fingerprint density at radius 1 is 0.329 bits per heavy atom. The van der Waals surface area contributed by atoms with Gasteiger partial charge in [-0.3, -0.25) is 0 Å². The summed E-state index contributed by atoms with van der Waals surface area (Å²) in [5.74, 6) is 1.29. The quantitative estimate of drug-likeness (QED) is 0.150. The summed E-state index contributed by atoms with van der Waals surface area (Å²) >= 11 is 0. The number of hydrogen-bond donors (Lipinski definition) is 0. The van der Waals surface area contributed by atoms with Crippen LogP contribution in [0.4, 0.5) is 26.3 Å². The first-order valence-corrected chi connectivity index (χ1v) is 22.4.